The summed E-state index contributed by atoms with van der Waals surface area (Å²) in [5, 5.41) is 14.7. The molecule has 270 valence electrons. The average Bonchev–Trinajstić information content (AvgIpc) is 3.46. The first-order valence-electron chi connectivity index (χ1n) is 17.0. The monoisotopic (exact) mass is 727 g/mol. The summed E-state index contributed by atoms with van der Waals surface area (Å²) in [7, 11) is 3.36. The lowest BCUT2D eigenvalue weighted by atomic mass is 9.93. The van der Waals surface area contributed by atoms with Gasteiger partial charge in [0.25, 0.3) is 11.5 Å². The van der Waals surface area contributed by atoms with Crippen LogP contribution in [0.25, 0.3) is 21.9 Å². The predicted octanol–water partition coefficient (Wildman–Crippen LogP) is 3.02. The van der Waals surface area contributed by atoms with Crippen molar-refractivity contribution in [2.24, 2.45) is 7.05 Å². The third-order valence-corrected chi connectivity index (χ3v) is 9.62. The van der Waals surface area contributed by atoms with Crippen molar-refractivity contribution in [3.05, 3.63) is 63.8 Å². The van der Waals surface area contributed by atoms with Gasteiger partial charge in [0.2, 0.25) is 17.8 Å². The summed E-state index contributed by atoms with van der Waals surface area (Å²) >= 11 is 6.55. The fraction of sp³-hybridized carbons (Fsp3) is 0.371. The molecule has 52 heavy (non-hydrogen) atoms. The lowest BCUT2D eigenvalue weighted by Crippen LogP contribution is -2.47. The summed E-state index contributed by atoms with van der Waals surface area (Å²) in [5.74, 6) is -0.387. The molecule has 0 spiro atoms. The Bertz CT molecular complexity index is 2280. The maximum atomic E-state index is 13.2. The van der Waals surface area contributed by atoms with Crippen molar-refractivity contribution in [3.8, 4) is 5.75 Å². The third kappa shape index (κ3) is 6.68. The number of nitrogens with zero attached hydrogens (tertiary/aromatic N) is 8. The summed E-state index contributed by atoms with van der Waals surface area (Å²) in [5.41, 5.74) is 3.33. The number of rotatable bonds is 9. The fourth-order valence-electron chi connectivity index (χ4n) is 6.65. The summed E-state index contributed by atoms with van der Waals surface area (Å²) < 4.78 is 8.89. The van der Waals surface area contributed by atoms with Gasteiger partial charge >= 0.3 is 0 Å². The average molecular weight is 728 g/mol. The minimum absolute atomic E-state index is 0.0439. The molecule has 0 bridgehead atoms. The third-order valence-electron chi connectivity index (χ3n) is 9.35. The standard InChI is InChI=1S/C35H38ClN11O5/c1-19(2)47-32-20(14-27(34(47)51)52-18-29(49)37-3)13-21(16-38-32)40-31-25(36)17-39-35(42-31)46-11-9-45(10-12-46)22-5-6-23-26(15-22)44(4)43-30(23)24-7-8-28(48)41-33(24)50/h5-6,13-17,19,24H,7-12,18H2,1-4H3,(H,37,49)(H,39,40,42)(H,41,48,50). The zero-order chi connectivity index (χ0) is 36.7. The lowest BCUT2D eigenvalue weighted by Gasteiger charge is -2.36. The number of fused-ring (bicyclic) bond motifs is 2. The van der Waals surface area contributed by atoms with Gasteiger partial charge in [0, 0.05) is 69.2 Å². The molecule has 0 saturated carbocycles. The zero-order valence-corrected chi connectivity index (χ0v) is 29.9. The number of carbonyl (C=O) groups excluding carboxylic acids is 3. The predicted molar refractivity (Wildman–Crippen MR) is 197 cm³/mol. The molecular formula is C35H38ClN11O5. The number of hydrogen-bond acceptors (Lipinski definition) is 12. The molecule has 2 fully saturated rings. The van der Waals surface area contributed by atoms with E-state index in [2.05, 4.69) is 46.9 Å². The molecule has 1 unspecified atom stereocenters. The highest BCUT2D eigenvalue weighted by Gasteiger charge is 2.32. The first-order chi connectivity index (χ1) is 25.0. The van der Waals surface area contributed by atoms with Gasteiger partial charge in [-0.1, -0.05) is 11.6 Å². The number of piperidine rings is 1. The highest BCUT2D eigenvalue weighted by atomic mass is 35.5. The van der Waals surface area contributed by atoms with Crippen molar-refractivity contribution < 1.29 is 19.1 Å². The van der Waals surface area contributed by atoms with Crippen molar-refractivity contribution in [1.82, 2.24) is 39.9 Å². The van der Waals surface area contributed by atoms with Gasteiger partial charge < -0.3 is 25.2 Å². The minimum Gasteiger partial charge on any atom is -0.478 e. The highest BCUT2D eigenvalue weighted by molar-refractivity contribution is 6.33. The van der Waals surface area contributed by atoms with Crippen LogP contribution in [-0.4, -0.2) is 86.9 Å². The van der Waals surface area contributed by atoms with E-state index in [4.69, 9.17) is 21.3 Å². The second kappa shape index (κ2) is 14.1. The van der Waals surface area contributed by atoms with Crippen molar-refractivity contribution in [3.63, 3.8) is 0 Å². The van der Waals surface area contributed by atoms with Gasteiger partial charge in [-0.15, -0.1) is 0 Å². The van der Waals surface area contributed by atoms with Crippen LogP contribution in [0.15, 0.2) is 47.5 Å². The molecule has 6 heterocycles. The number of ether oxygens (including phenoxy) is 1. The summed E-state index contributed by atoms with van der Waals surface area (Å²) in [4.78, 5) is 67.4. The Morgan fingerprint density at radius 1 is 1.06 bits per heavy atom. The van der Waals surface area contributed by atoms with E-state index in [1.54, 1.807) is 23.1 Å². The van der Waals surface area contributed by atoms with Gasteiger partial charge in [-0.2, -0.15) is 10.1 Å². The quantitative estimate of drug-likeness (QED) is 0.189. The van der Waals surface area contributed by atoms with Crippen molar-refractivity contribution in [2.45, 2.75) is 38.6 Å². The summed E-state index contributed by atoms with van der Waals surface area (Å²) in [6, 6.07) is 9.32. The molecule has 16 nitrogen and oxygen atoms in total. The van der Waals surface area contributed by atoms with Gasteiger partial charge in [0.15, 0.2) is 18.2 Å². The molecule has 7 rings (SSSR count). The van der Waals surface area contributed by atoms with Crippen LogP contribution in [-0.2, 0) is 21.4 Å². The SMILES string of the molecule is CNC(=O)COc1cc2cc(Nc3nc(N4CCN(c5ccc6c(C7CCC(=O)NC7=O)nn(C)c6c5)CC4)ncc3Cl)cnc2n(C(C)C)c1=O. The van der Waals surface area contributed by atoms with Crippen LogP contribution in [0.3, 0.4) is 0 Å². The summed E-state index contributed by atoms with van der Waals surface area (Å²) in [6.07, 6.45) is 3.91. The van der Waals surface area contributed by atoms with Crippen LogP contribution >= 0.6 is 11.6 Å². The first kappa shape index (κ1) is 34.7. The number of hydrogen-bond donors (Lipinski definition) is 3. The highest BCUT2D eigenvalue weighted by Crippen LogP contribution is 2.33. The lowest BCUT2D eigenvalue weighted by molar-refractivity contribution is -0.134. The molecule has 4 aromatic heterocycles. The van der Waals surface area contributed by atoms with E-state index in [-0.39, 0.29) is 41.7 Å². The minimum atomic E-state index is -0.454. The molecule has 17 heteroatoms. The van der Waals surface area contributed by atoms with Crippen LogP contribution in [0, 0.1) is 0 Å². The van der Waals surface area contributed by atoms with Crippen LogP contribution in [0.2, 0.25) is 5.02 Å². The number of halogens is 1. The number of anilines is 4. The second-order valence-corrected chi connectivity index (χ2v) is 13.5. The molecule has 2 saturated heterocycles. The molecule has 3 amide bonds. The number of aromatic nitrogens is 6. The maximum absolute atomic E-state index is 13.2. The molecule has 1 atom stereocenters. The first-order valence-corrected chi connectivity index (χ1v) is 17.4. The fourth-order valence-corrected chi connectivity index (χ4v) is 6.79. The van der Waals surface area contributed by atoms with Crippen molar-refractivity contribution >= 4 is 74.4 Å². The zero-order valence-electron chi connectivity index (χ0n) is 29.1. The van der Waals surface area contributed by atoms with E-state index < -0.39 is 5.92 Å². The van der Waals surface area contributed by atoms with E-state index >= 15 is 0 Å². The smallest absolute Gasteiger partial charge is 0.294 e. The van der Waals surface area contributed by atoms with Crippen molar-refractivity contribution in [1.29, 1.82) is 0 Å². The largest absolute Gasteiger partial charge is 0.478 e. The maximum Gasteiger partial charge on any atom is 0.294 e. The van der Waals surface area contributed by atoms with Gasteiger partial charge in [0.05, 0.1) is 35.2 Å². The molecule has 0 aliphatic carbocycles. The normalized spacial score (nSPS) is 16.5. The topological polar surface area (TPSA) is 181 Å². The molecule has 1 aromatic carbocycles. The Kier molecular flexibility index (Phi) is 9.40. The number of benzene rings is 1. The second-order valence-electron chi connectivity index (χ2n) is 13.1. The number of pyridine rings is 2. The van der Waals surface area contributed by atoms with E-state index in [0.717, 1.165) is 16.6 Å². The Morgan fingerprint density at radius 2 is 1.83 bits per heavy atom. The van der Waals surface area contributed by atoms with Gasteiger partial charge in [-0.05, 0) is 50.6 Å². The molecular weight excluding hydrogens is 690 g/mol. The number of nitrogens with one attached hydrogen (secondary N) is 3. The number of likely N-dealkylation sites (N-methyl/N-ethyl adjacent to an activating group) is 1. The number of piperazine rings is 1. The van der Waals surface area contributed by atoms with Gasteiger partial charge in [-0.25, -0.2) is 9.97 Å². The number of imide groups is 1. The molecule has 3 N–H and O–H groups in total. The number of amides is 3. The van der Waals surface area contributed by atoms with E-state index in [9.17, 15) is 19.2 Å². The van der Waals surface area contributed by atoms with Crippen LogP contribution < -0.4 is 36.0 Å². The summed E-state index contributed by atoms with van der Waals surface area (Å²) in [6.45, 7) is 6.22. The molecule has 5 aromatic rings. The van der Waals surface area contributed by atoms with Crippen LogP contribution in [0.5, 0.6) is 5.75 Å². The van der Waals surface area contributed by atoms with E-state index in [1.165, 1.54) is 11.6 Å². The van der Waals surface area contributed by atoms with Gasteiger partial charge in [0.1, 0.15) is 10.7 Å². The van der Waals surface area contributed by atoms with E-state index in [0.29, 0.717) is 78.2 Å². The van der Waals surface area contributed by atoms with Gasteiger partial charge in [-0.3, -0.25) is 33.7 Å². The number of aryl methyl sites for hydroxylation is 1. The Morgan fingerprint density at radius 3 is 2.56 bits per heavy atom. The molecule has 2 aliphatic heterocycles. The van der Waals surface area contributed by atoms with E-state index in [1.807, 2.05) is 39.1 Å². The van der Waals surface area contributed by atoms with Crippen LogP contribution in [0.4, 0.5) is 23.1 Å². The molecule has 2 aliphatic rings. The Balaban J connectivity index is 1.06. The van der Waals surface area contributed by atoms with Crippen LogP contribution in [0.1, 0.15) is 44.3 Å². The Labute approximate surface area is 303 Å². The van der Waals surface area contributed by atoms with Crippen molar-refractivity contribution in [2.75, 3.05) is 55.0 Å². The molecule has 0 radical (unpaired) electrons. The Hall–Kier alpha value is -5.77. The number of carbonyl (C=O) groups is 3.